The van der Waals surface area contributed by atoms with E-state index in [2.05, 4.69) is 15.6 Å². The number of carboxylic acid groups (broad SMARTS) is 1. The van der Waals surface area contributed by atoms with Crippen LogP contribution in [0.3, 0.4) is 0 Å². The molecule has 0 saturated carbocycles. The lowest BCUT2D eigenvalue weighted by Gasteiger charge is -2.12. The van der Waals surface area contributed by atoms with Gasteiger partial charge in [0.25, 0.3) is 0 Å². The number of nitrogens with zero attached hydrogens (tertiary/aromatic N) is 2. The van der Waals surface area contributed by atoms with Gasteiger partial charge in [-0.05, 0) is 6.54 Å². The molecule has 0 bridgehead atoms. The lowest BCUT2D eigenvalue weighted by molar-refractivity contribution is -0.124. The molecular weight excluding hydrogens is 248 g/mol. The highest BCUT2D eigenvalue weighted by atomic mass is 16.4. The fourth-order valence-electron chi connectivity index (χ4n) is 1.53. The van der Waals surface area contributed by atoms with E-state index < -0.39 is 5.97 Å². The van der Waals surface area contributed by atoms with Crippen LogP contribution in [0, 0.1) is 5.92 Å². The first-order valence-corrected chi connectivity index (χ1v) is 6.28. The molecular formula is C12H20N4O3. The first kappa shape index (κ1) is 15.2. The summed E-state index contributed by atoms with van der Waals surface area (Å²) in [6, 6.07) is 0. The Morgan fingerprint density at radius 2 is 2.26 bits per heavy atom. The normalized spacial score (nSPS) is 12.1. The summed E-state index contributed by atoms with van der Waals surface area (Å²) in [5, 5.41) is 14.6. The molecule has 3 N–H and O–H groups in total. The molecule has 0 aliphatic heterocycles. The number of carboxylic acids is 1. The summed E-state index contributed by atoms with van der Waals surface area (Å²) in [6.45, 7) is 6.29. The van der Waals surface area contributed by atoms with Crippen molar-refractivity contribution in [3.63, 3.8) is 0 Å². The predicted octanol–water partition coefficient (Wildman–Crippen LogP) is -0.0569. The van der Waals surface area contributed by atoms with Gasteiger partial charge in [-0.25, -0.2) is 9.78 Å². The first-order chi connectivity index (χ1) is 9.04. The zero-order valence-electron chi connectivity index (χ0n) is 11.2. The van der Waals surface area contributed by atoms with E-state index in [0.717, 1.165) is 6.54 Å². The highest BCUT2D eigenvalue weighted by Crippen LogP contribution is 1.96. The van der Waals surface area contributed by atoms with Crippen molar-refractivity contribution in [1.29, 1.82) is 0 Å². The second-order valence-electron chi connectivity index (χ2n) is 4.30. The Morgan fingerprint density at radius 3 is 2.84 bits per heavy atom. The average molecular weight is 268 g/mol. The summed E-state index contributed by atoms with van der Waals surface area (Å²) in [6.07, 6.45) is 2.88. The van der Waals surface area contributed by atoms with Gasteiger partial charge in [-0.3, -0.25) is 4.79 Å². The predicted molar refractivity (Wildman–Crippen MR) is 69.9 cm³/mol. The Bertz CT molecular complexity index is 430. The zero-order valence-corrected chi connectivity index (χ0v) is 11.2. The van der Waals surface area contributed by atoms with Crippen molar-refractivity contribution < 1.29 is 14.7 Å². The van der Waals surface area contributed by atoms with Crippen LogP contribution in [-0.2, 0) is 11.3 Å². The number of carbonyl (C=O) groups is 2. The van der Waals surface area contributed by atoms with Crippen LogP contribution in [0.5, 0.6) is 0 Å². The average Bonchev–Trinajstić information content (AvgIpc) is 2.84. The van der Waals surface area contributed by atoms with Gasteiger partial charge in [-0.15, -0.1) is 0 Å². The highest BCUT2D eigenvalue weighted by Gasteiger charge is 2.11. The molecule has 1 heterocycles. The lowest BCUT2D eigenvalue weighted by atomic mass is 10.1. The quantitative estimate of drug-likeness (QED) is 0.614. The number of hydrogen-bond donors (Lipinski definition) is 3. The monoisotopic (exact) mass is 268 g/mol. The molecule has 1 atom stereocenters. The van der Waals surface area contributed by atoms with Crippen LogP contribution in [-0.4, -0.2) is 46.2 Å². The minimum atomic E-state index is -1.05. The molecule has 106 valence electrons. The van der Waals surface area contributed by atoms with Crippen LogP contribution >= 0.6 is 0 Å². The molecule has 1 aromatic rings. The summed E-state index contributed by atoms with van der Waals surface area (Å²) in [5.41, 5.74) is 0.00633. The van der Waals surface area contributed by atoms with Gasteiger partial charge >= 0.3 is 5.97 Å². The molecule has 0 aliphatic carbocycles. The molecule has 7 heteroatoms. The second-order valence-corrected chi connectivity index (χ2v) is 4.30. The van der Waals surface area contributed by atoms with E-state index in [1.807, 2.05) is 13.8 Å². The Kier molecular flexibility index (Phi) is 6.01. The number of imidazole rings is 1. The van der Waals surface area contributed by atoms with E-state index in [0.29, 0.717) is 19.6 Å². The third-order valence-electron chi connectivity index (χ3n) is 2.67. The van der Waals surface area contributed by atoms with Crippen molar-refractivity contribution in [2.75, 3.05) is 19.6 Å². The second kappa shape index (κ2) is 7.52. The maximum Gasteiger partial charge on any atom is 0.356 e. The maximum atomic E-state index is 11.7. The van der Waals surface area contributed by atoms with E-state index in [1.165, 1.54) is 12.5 Å². The summed E-state index contributed by atoms with van der Waals surface area (Å²) in [5.74, 6) is -1.15. The smallest absolute Gasteiger partial charge is 0.356 e. The van der Waals surface area contributed by atoms with Crippen molar-refractivity contribution in [1.82, 2.24) is 20.2 Å². The van der Waals surface area contributed by atoms with E-state index in [9.17, 15) is 9.59 Å². The molecule has 19 heavy (non-hydrogen) atoms. The highest BCUT2D eigenvalue weighted by molar-refractivity contribution is 5.84. The topological polar surface area (TPSA) is 96.3 Å². The van der Waals surface area contributed by atoms with Crippen LogP contribution in [0.4, 0.5) is 0 Å². The number of hydrogen-bond acceptors (Lipinski definition) is 4. The van der Waals surface area contributed by atoms with E-state index in [-0.39, 0.29) is 17.5 Å². The molecule has 1 amide bonds. The molecule has 1 aromatic heterocycles. The molecule has 1 rings (SSSR count). The standard InChI is InChI=1S/C12H20N4O3/c1-3-13-6-9(2)11(17)14-4-5-16-7-10(12(18)19)15-8-16/h7-9,13H,3-6H2,1-2H3,(H,14,17)(H,18,19). The maximum absolute atomic E-state index is 11.7. The van der Waals surface area contributed by atoms with Gasteiger partial charge in [0.05, 0.1) is 6.33 Å². The van der Waals surface area contributed by atoms with Gasteiger partial charge in [0.2, 0.25) is 5.91 Å². The van der Waals surface area contributed by atoms with Crippen LogP contribution in [0.2, 0.25) is 0 Å². The zero-order chi connectivity index (χ0) is 14.3. The summed E-state index contributed by atoms with van der Waals surface area (Å²) < 4.78 is 1.64. The first-order valence-electron chi connectivity index (χ1n) is 6.28. The van der Waals surface area contributed by atoms with E-state index in [1.54, 1.807) is 4.57 Å². The largest absolute Gasteiger partial charge is 0.476 e. The van der Waals surface area contributed by atoms with Gasteiger partial charge in [-0.2, -0.15) is 0 Å². The van der Waals surface area contributed by atoms with Crippen molar-refractivity contribution in [3.05, 3.63) is 18.2 Å². The van der Waals surface area contributed by atoms with Crippen molar-refractivity contribution in [2.24, 2.45) is 5.92 Å². The number of aromatic carboxylic acids is 1. The third kappa shape index (κ3) is 5.09. The summed E-state index contributed by atoms with van der Waals surface area (Å²) >= 11 is 0. The Labute approximate surface area is 112 Å². The molecule has 0 aliphatic rings. The number of carbonyl (C=O) groups excluding carboxylic acids is 1. The van der Waals surface area contributed by atoms with Gasteiger partial charge in [0.15, 0.2) is 5.69 Å². The van der Waals surface area contributed by atoms with Crippen LogP contribution in [0.1, 0.15) is 24.3 Å². The third-order valence-corrected chi connectivity index (χ3v) is 2.67. The Morgan fingerprint density at radius 1 is 1.53 bits per heavy atom. The molecule has 0 saturated heterocycles. The molecule has 1 unspecified atom stereocenters. The summed E-state index contributed by atoms with van der Waals surface area (Å²) in [4.78, 5) is 26.0. The molecule has 7 nitrogen and oxygen atoms in total. The molecule has 0 fully saturated rings. The fraction of sp³-hybridized carbons (Fsp3) is 0.583. The van der Waals surface area contributed by atoms with Crippen LogP contribution in [0.15, 0.2) is 12.5 Å². The van der Waals surface area contributed by atoms with Gasteiger partial charge in [0, 0.05) is 31.7 Å². The Balaban J connectivity index is 2.29. The number of aromatic nitrogens is 2. The minimum Gasteiger partial charge on any atom is -0.476 e. The molecule has 0 aromatic carbocycles. The molecule has 0 spiro atoms. The number of rotatable bonds is 8. The van der Waals surface area contributed by atoms with Crippen molar-refractivity contribution in [2.45, 2.75) is 20.4 Å². The van der Waals surface area contributed by atoms with Gasteiger partial charge in [0.1, 0.15) is 0 Å². The number of amides is 1. The Hall–Kier alpha value is -1.89. The fourth-order valence-corrected chi connectivity index (χ4v) is 1.53. The van der Waals surface area contributed by atoms with E-state index in [4.69, 9.17) is 5.11 Å². The van der Waals surface area contributed by atoms with Crippen LogP contribution < -0.4 is 10.6 Å². The summed E-state index contributed by atoms with van der Waals surface area (Å²) in [7, 11) is 0. The van der Waals surface area contributed by atoms with Crippen LogP contribution in [0.25, 0.3) is 0 Å². The number of nitrogens with one attached hydrogen (secondary N) is 2. The van der Waals surface area contributed by atoms with Crippen molar-refractivity contribution in [3.8, 4) is 0 Å². The lowest BCUT2D eigenvalue weighted by Crippen LogP contribution is -2.36. The van der Waals surface area contributed by atoms with E-state index >= 15 is 0 Å². The van der Waals surface area contributed by atoms with Gasteiger partial charge < -0.3 is 20.3 Å². The molecule has 0 radical (unpaired) electrons. The minimum absolute atomic E-state index is 0.00633. The van der Waals surface area contributed by atoms with Gasteiger partial charge in [-0.1, -0.05) is 13.8 Å². The van der Waals surface area contributed by atoms with Crippen molar-refractivity contribution >= 4 is 11.9 Å². The SMILES string of the molecule is CCNCC(C)C(=O)NCCn1cnc(C(=O)O)c1.